The van der Waals surface area contributed by atoms with Gasteiger partial charge in [0.05, 0.1) is 23.4 Å². The molecule has 0 aliphatic carbocycles. The second-order valence-corrected chi connectivity index (χ2v) is 8.35. The zero-order valence-corrected chi connectivity index (χ0v) is 19.2. The molecule has 2 aromatic rings. The molecule has 11 heteroatoms. The number of nitrogens with one attached hydrogen (secondary N) is 1. The lowest BCUT2D eigenvalue weighted by molar-refractivity contribution is -0.137. The number of amidine groups is 1. The lowest BCUT2D eigenvalue weighted by atomic mass is 10.2. The van der Waals surface area contributed by atoms with Crippen LogP contribution in [0.1, 0.15) is 36.2 Å². The lowest BCUT2D eigenvalue weighted by Gasteiger charge is -2.13. The molecule has 1 aliphatic heterocycles. The van der Waals surface area contributed by atoms with Gasteiger partial charge in [0.1, 0.15) is 5.25 Å². The van der Waals surface area contributed by atoms with E-state index < -0.39 is 28.9 Å². The Hall–Kier alpha value is -3.34. The first-order valence-corrected chi connectivity index (χ1v) is 11.3. The second-order valence-electron chi connectivity index (χ2n) is 7.18. The van der Waals surface area contributed by atoms with Gasteiger partial charge in [-0.15, -0.1) is 0 Å². The molecule has 34 heavy (non-hydrogen) atoms. The van der Waals surface area contributed by atoms with Crippen LogP contribution in [0.5, 0.6) is 0 Å². The highest BCUT2D eigenvalue weighted by molar-refractivity contribution is 8.15. The van der Waals surface area contributed by atoms with Crippen LogP contribution >= 0.6 is 11.8 Å². The van der Waals surface area contributed by atoms with E-state index in [-0.39, 0.29) is 36.3 Å². The van der Waals surface area contributed by atoms with Crippen molar-refractivity contribution in [3.8, 4) is 0 Å². The van der Waals surface area contributed by atoms with Crippen molar-refractivity contribution >= 4 is 46.1 Å². The van der Waals surface area contributed by atoms with Gasteiger partial charge >= 0.3 is 12.1 Å². The SMILES string of the molecule is CCOC(=O)c1ccc(NC(=O)CC2SC(=Nc3cccc(C(F)(F)F)c3)N(CC)C2=O)cc1. The van der Waals surface area contributed by atoms with Crippen LogP contribution in [0.3, 0.4) is 0 Å². The number of alkyl halides is 3. The number of amides is 2. The number of carbonyl (C=O) groups is 3. The summed E-state index contributed by atoms with van der Waals surface area (Å²) in [6.07, 6.45) is -4.66. The van der Waals surface area contributed by atoms with E-state index in [9.17, 15) is 27.6 Å². The number of halogens is 3. The van der Waals surface area contributed by atoms with E-state index >= 15 is 0 Å². The number of carbonyl (C=O) groups excluding carboxylic acids is 3. The quantitative estimate of drug-likeness (QED) is 0.557. The number of hydrogen-bond donors (Lipinski definition) is 1. The number of rotatable bonds is 7. The average Bonchev–Trinajstić information content (AvgIpc) is 3.07. The van der Waals surface area contributed by atoms with Gasteiger partial charge in [0, 0.05) is 18.7 Å². The van der Waals surface area contributed by atoms with Crippen molar-refractivity contribution in [2.75, 3.05) is 18.5 Å². The number of benzene rings is 2. The van der Waals surface area contributed by atoms with Gasteiger partial charge in [0.15, 0.2) is 5.17 Å². The molecule has 3 rings (SSSR count). The first-order chi connectivity index (χ1) is 16.1. The first kappa shape index (κ1) is 25.3. The molecular weight excluding hydrogens is 471 g/mol. The Kier molecular flexibility index (Phi) is 7.98. The van der Waals surface area contributed by atoms with Crippen LogP contribution in [0, 0.1) is 0 Å². The normalized spacial score (nSPS) is 17.2. The number of thioether (sulfide) groups is 1. The molecule has 0 spiro atoms. The Labute approximate surface area is 198 Å². The molecule has 0 bridgehead atoms. The van der Waals surface area contributed by atoms with Gasteiger partial charge in [-0.05, 0) is 56.3 Å². The maximum absolute atomic E-state index is 13.0. The maximum atomic E-state index is 13.0. The van der Waals surface area contributed by atoms with Gasteiger partial charge in [-0.1, -0.05) is 17.8 Å². The smallest absolute Gasteiger partial charge is 0.416 e. The minimum absolute atomic E-state index is 0.0652. The molecule has 1 saturated heterocycles. The molecule has 2 aromatic carbocycles. The van der Waals surface area contributed by atoms with E-state index in [1.165, 1.54) is 29.2 Å². The third kappa shape index (κ3) is 6.16. The molecule has 180 valence electrons. The van der Waals surface area contributed by atoms with Gasteiger partial charge in [-0.2, -0.15) is 13.2 Å². The zero-order valence-electron chi connectivity index (χ0n) is 18.4. The van der Waals surface area contributed by atoms with E-state index in [0.717, 1.165) is 23.9 Å². The molecule has 1 atom stereocenters. The van der Waals surface area contributed by atoms with Crippen LogP contribution in [0.2, 0.25) is 0 Å². The predicted octanol–water partition coefficient (Wildman–Crippen LogP) is 4.86. The highest BCUT2D eigenvalue weighted by Gasteiger charge is 2.38. The average molecular weight is 494 g/mol. The molecule has 1 heterocycles. The molecule has 0 saturated carbocycles. The fourth-order valence-corrected chi connectivity index (χ4v) is 4.38. The minimum atomic E-state index is -4.51. The molecule has 0 radical (unpaired) electrons. The van der Waals surface area contributed by atoms with Crippen molar-refractivity contribution in [3.63, 3.8) is 0 Å². The summed E-state index contributed by atoms with van der Waals surface area (Å²) in [5.74, 6) is -1.24. The van der Waals surface area contributed by atoms with Gasteiger partial charge in [-0.25, -0.2) is 9.79 Å². The summed E-state index contributed by atoms with van der Waals surface area (Å²) in [4.78, 5) is 42.5. The lowest BCUT2D eigenvalue weighted by Crippen LogP contribution is -2.33. The number of ether oxygens (including phenoxy) is 1. The summed E-state index contributed by atoms with van der Waals surface area (Å²) in [5.41, 5.74) is 0.0149. The Bertz CT molecular complexity index is 1100. The van der Waals surface area contributed by atoms with E-state index in [4.69, 9.17) is 4.74 Å². The summed E-state index contributed by atoms with van der Waals surface area (Å²) < 4.78 is 43.9. The Morgan fingerprint density at radius 1 is 1.15 bits per heavy atom. The number of anilines is 1. The van der Waals surface area contributed by atoms with Crippen molar-refractivity contribution < 1.29 is 32.3 Å². The van der Waals surface area contributed by atoms with Gasteiger partial charge in [0.2, 0.25) is 11.8 Å². The molecule has 0 aromatic heterocycles. The summed E-state index contributed by atoms with van der Waals surface area (Å²) in [6.45, 7) is 3.92. The van der Waals surface area contributed by atoms with Crippen molar-refractivity contribution in [2.45, 2.75) is 31.7 Å². The minimum Gasteiger partial charge on any atom is -0.462 e. The Morgan fingerprint density at radius 3 is 2.47 bits per heavy atom. The van der Waals surface area contributed by atoms with Crippen molar-refractivity contribution in [1.29, 1.82) is 0 Å². The van der Waals surface area contributed by atoms with Crippen LogP contribution in [-0.4, -0.2) is 46.3 Å². The van der Waals surface area contributed by atoms with Gasteiger partial charge in [0.25, 0.3) is 0 Å². The Balaban J connectivity index is 1.68. The monoisotopic (exact) mass is 493 g/mol. The predicted molar refractivity (Wildman–Crippen MR) is 123 cm³/mol. The van der Waals surface area contributed by atoms with E-state index in [0.29, 0.717) is 11.3 Å². The second kappa shape index (κ2) is 10.7. The molecular formula is C23H22F3N3O4S. The largest absolute Gasteiger partial charge is 0.462 e. The highest BCUT2D eigenvalue weighted by atomic mass is 32.2. The van der Waals surface area contributed by atoms with Crippen molar-refractivity contribution in [1.82, 2.24) is 4.90 Å². The van der Waals surface area contributed by atoms with E-state index in [1.54, 1.807) is 26.0 Å². The van der Waals surface area contributed by atoms with Gasteiger partial charge in [-0.3, -0.25) is 14.5 Å². The summed E-state index contributed by atoms with van der Waals surface area (Å²) in [5, 5.41) is 2.15. The van der Waals surface area contributed by atoms with Crippen LogP contribution in [-0.2, 0) is 20.5 Å². The topological polar surface area (TPSA) is 88.1 Å². The van der Waals surface area contributed by atoms with Crippen molar-refractivity contribution in [2.24, 2.45) is 4.99 Å². The molecule has 1 N–H and O–H groups in total. The van der Waals surface area contributed by atoms with E-state index in [1.807, 2.05) is 0 Å². The molecule has 1 fully saturated rings. The third-order valence-corrected chi connectivity index (χ3v) is 5.96. The maximum Gasteiger partial charge on any atom is 0.416 e. The fourth-order valence-electron chi connectivity index (χ4n) is 3.16. The highest BCUT2D eigenvalue weighted by Crippen LogP contribution is 2.34. The molecule has 1 aliphatic rings. The molecule has 2 amide bonds. The first-order valence-electron chi connectivity index (χ1n) is 10.4. The fraction of sp³-hybridized carbons (Fsp3) is 0.304. The number of nitrogens with zero attached hydrogens (tertiary/aromatic N) is 2. The standard InChI is InChI=1S/C23H22F3N3O4S/c1-3-29-20(31)18(34-22(29)28-17-7-5-6-15(12-17)23(24,25)26)13-19(30)27-16-10-8-14(9-11-16)21(32)33-4-2/h5-12,18H,3-4,13H2,1-2H3,(H,27,30). The summed E-state index contributed by atoms with van der Waals surface area (Å²) in [6, 6.07) is 10.6. The summed E-state index contributed by atoms with van der Waals surface area (Å²) in [7, 11) is 0. The number of hydrogen-bond acceptors (Lipinski definition) is 6. The van der Waals surface area contributed by atoms with Crippen LogP contribution in [0.25, 0.3) is 0 Å². The number of aliphatic imine (C=N–C) groups is 1. The molecule has 7 nitrogen and oxygen atoms in total. The van der Waals surface area contributed by atoms with Crippen LogP contribution in [0.4, 0.5) is 24.5 Å². The molecule has 1 unspecified atom stereocenters. The van der Waals surface area contributed by atoms with Crippen LogP contribution < -0.4 is 5.32 Å². The van der Waals surface area contributed by atoms with E-state index in [2.05, 4.69) is 10.3 Å². The van der Waals surface area contributed by atoms with Crippen LogP contribution in [0.15, 0.2) is 53.5 Å². The number of esters is 1. The Morgan fingerprint density at radius 2 is 1.85 bits per heavy atom. The van der Waals surface area contributed by atoms with Gasteiger partial charge < -0.3 is 10.1 Å². The zero-order chi connectivity index (χ0) is 24.9. The third-order valence-electron chi connectivity index (χ3n) is 4.79. The summed E-state index contributed by atoms with van der Waals surface area (Å²) >= 11 is 1.03. The van der Waals surface area contributed by atoms with Crippen molar-refractivity contribution in [3.05, 3.63) is 59.7 Å².